The number of rotatable bonds is 3. The Bertz CT molecular complexity index is 4080. The Morgan fingerprint density at radius 1 is 0.309 bits per heavy atom. The van der Waals surface area contributed by atoms with Gasteiger partial charge in [-0.3, -0.25) is 0 Å². The molecule has 4 aliphatic rings. The van der Waals surface area contributed by atoms with Crippen molar-refractivity contribution in [2.24, 2.45) is 0 Å². The van der Waals surface area contributed by atoms with Crippen LogP contribution in [0.1, 0.15) is 44.5 Å². The first kappa shape index (κ1) is 36.5. The molecule has 0 saturated carbocycles. The molecule has 314 valence electrons. The zero-order valence-electron chi connectivity index (χ0n) is 36.9. The molecule has 4 aliphatic carbocycles. The van der Waals surface area contributed by atoms with Gasteiger partial charge >= 0.3 is 0 Å². The maximum Gasteiger partial charge on any atom is 0.160 e. The maximum atomic E-state index is 7.26. The van der Waals surface area contributed by atoms with Crippen molar-refractivity contribution in [3.8, 4) is 44.5 Å². The molecule has 11 aromatic carbocycles. The second-order valence-electron chi connectivity index (χ2n) is 18.9. The third-order valence-corrected chi connectivity index (χ3v) is 16.1. The van der Waals surface area contributed by atoms with Crippen LogP contribution in [0.15, 0.2) is 241 Å². The van der Waals surface area contributed by atoms with Crippen molar-refractivity contribution in [1.82, 2.24) is 0 Å². The fraction of sp³-hybridized carbons (Fsp3) is 0.0303. The van der Waals surface area contributed by atoms with Crippen LogP contribution < -0.4 is 4.90 Å². The fourth-order valence-corrected chi connectivity index (χ4v) is 13.7. The van der Waals surface area contributed by atoms with E-state index >= 15 is 0 Å². The van der Waals surface area contributed by atoms with Gasteiger partial charge in [-0.2, -0.15) is 0 Å². The van der Waals surface area contributed by atoms with Crippen LogP contribution in [0, 0.1) is 0 Å². The van der Waals surface area contributed by atoms with E-state index in [9.17, 15) is 0 Å². The van der Waals surface area contributed by atoms with Gasteiger partial charge in [0, 0.05) is 21.9 Å². The predicted molar refractivity (Wildman–Crippen MR) is 279 cm³/mol. The first-order chi connectivity index (χ1) is 33.8. The summed E-state index contributed by atoms with van der Waals surface area (Å²) in [4.78, 5) is 2.61. The van der Waals surface area contributed by atoms with Gasteiger partial charge in [0.1, 0.15) is 5.58 Å². The molecular weight excluding hydrogens is 823 g/mol. The summed E-state index contributed by atoms with van der Waals surface area (Å²) >= 11 is 0. The predicted octanol–water partition coefficient (Wildman–Crippen LogP) is 16.9. The molecule has 0 radical (unpaired) electrons. The van der Waals surface area contributed by atoms with Crippen molar-refractivity contribution in [3.63, 3.8) is 0 Å². The van der Waals surface area contributed by atoms with Gasteiger partial charge in [0.15, 0.2) is 5.58 Å². The van der Waals surface area contributed by atoms with Crippen LogP contribution in [0.4, 0.5) is 17.1 Å². The molecule has 68 heavy (non-hydrogen) atoms. The molecule has 0 N–H and O–H groups in total. The number of anilines is 3. The minimum atomic E-state index is -0.599. The third kappa shape index (κ3) is 4.22. The number of nitrogens with zero attached hydrogens (tertiary/aromatic N) is 1. The molecule has 0 saturated heterocycles. The standard InChI is InChI=1S/C66H39NO/c1-2-20-41-40(19-1)39-59(64-61(41)49-27-9-16-38-60(49)68-64)67(57-36-18-35-56-62(57)48-26-8-15-34-55(48)65(56)50-29-10-3-21-42(50)43-22-4-11-30-51(43)65)58-37-17-28-47-46-25-7-14-33-54(46)66(63(47)58)52-31-12-5-23-44(52)45-24-6-13-32-53(45)66/h1-39H. The molecule has 16 rings (SSSR count). The summed E-state index contributed by atoms with van der Waals surface area (Å²) in [7, 11) is 0. The molecule has 0 fully saturated rings. The third-order valence-electron chi connectivity index (χ3n) is 16.1. The second-order valence-corrected chi connectivity index (χ2v) is 18.9. The fourth-order valence-electron chi connectivity index (χ4n) is 13.7. The van der Waals surface area contributed by atoms with E-state index in [1.165, 1.54) is 94.4 Å². The van der Waals surface area contributed by atoms with Crippen LogP contribution in [0.25, 0.3) is 77.2 Å². The van der Waals surface area contributed by atoms with Gasteiger partial charge in [0.05, 0.1) is 27.9 Å². The average Bonchev–Trinajstić information content (AvgIpc) is 4.18. The van der Waals surface area contributed by atoms with Crippen molar-refractivity contribution in [3.05, 3.63) is 281 Å². The maximum absolute atomic E-state index is 7.26. The van der Waals surface area contributed by atoms with Crippen LogP contribution in [-0.2, 0) is 10.8 Å². The lowest BCUT2D eigenvalue weighted by Gasteiger charge is -2.36. The molecule has 1 aromatic heterocycles. The minimum absolute atomic E-state index is 0.516. The van der Waals surface area contributed by atoms with Crippen molar-refractivity contribution >= 4 is 49.8 Å². The molecule has 1 heterocycles. The zero-order valence-corrected chi connectivity index (χ0v) is 36.9. The zero-order chi connectivity index (χ0) is 44.3. The SMILES string of the molecule is c1ccc2c(c1)-c1ccccc1C21c2ccccc2-c2c(N(c3cccc4c3C3(c5ccccc5-c5ccccc53)c3ccccc3-4)c3cc4ccccc4c4c3oc3ccccc34)cccc21. The minimum Gasteiger partial charge on any atom is -0.454 e. The Morgan fingerprint density at radius 2 is 0.735 bits per heavy atom. The highest BCUT2D eigenvalue weighted by Crippen LogP contribution is 2.68. The van der Waals surface area contributed by atoms with E-state index in [1.807, 2.05) is 0 Å². The molecule has 0 aliphatic heterocycles. The van der Waals surface area contributed by atoms with E-state index in [4.69, 9.17) is 4.42 Å². The molecule has 0 unspecified atom stereocenters. The van der Waals surface area contributed by atoms with Crippen molar-refractivity contribution < 1.29 is 4.42 Å². The van der Waals surface area contributed by atoms with Crippen molar-refractivity contribution in [2.45, 2.75) is 10.8 Å². The van der Waals surface area contributed by atoms with Gasteiger partial charge in [-0.05, 0) is 113 Å². The number of hydrogen-bond acceptors (Lipinski definition) is 2. The van der Waals surface area contributed by atoms with Gasteiger partial charge in [0.25, 0.3) is 0 Å². The molecule has 12 aromatic rings. The Labute approximate surface area is 393 Å². The summed E-state index contributed by atoms with van der Waals surface area (Å²) in [5.74, 6) is 0. The quantitative estimate of drug-likeness (QED) is 0.176. The monoisotopic (exact) mass is 861 g/mol. The summed E-state index contributed by atoms with van der Waals surface area (Å²) < 4.78 is 7.26. The molecule has 2 spiro atoms. The van der Waals surface area contributed by atoms with E-state index in [2.05, 4.69) is 241 Å². The summed E-state index contributed by atoms with van der Waals surface area (Å²) in [6.07, 6.45) is 0. The molecule has 0 bridgehead atoms. The van der Waals surface area contributed by atoms with Gasteiger partial charge < -0.3 is 9.32 Å². The van der Waals surface area contributed by atoms with Gasteiger partial charge in [0.2, 0.25) is 0 Å². The molecule has 2 nitrogen and oxygen atoms in total. The summed E-state index contributed by atoms with van der Waals surface area (Å²) in [5.41, 5.74) is 24.5. The molecule has 0 atom stereocenters. The Morgan fingerprint density at radius 3 is 1.35 bits per heavy atom. The van der Waals surface area contributed by atoms with Gasteiger partial charge in [-0.1, -0.05) is 212 Å². The molecular formula is C66H39NO. The van der Waals surface area contributed by atoms with Crippen LogP contribution in [-0.4, -0.2) is 0 Å². The second kappa shape index (κ2) is 13.0. The molecule has 0 amide bonds. The number of benzene rings is 11. The highest BCUT2D eigenvalue weighted by Gasteiger charge is 2.55. The summed E-state index contributed by atoms with van der Waals surface area (Å²) in [6.45, 7) is 0. The first-order valence-electron chi connectivity index (χ1n) is 23.8. The lowest BCUT2D eigenvalue weighted by molar-refractivity contribution is 0.669. The highest BCUT2D eigenvalue weighted by molar-refractivity contribution is 6.23. The Kier molecular flexibility index (Phi) is 6.98. The van der Waals surface area contributed by atoms with Crippen LogP contribution >= 0.6 is 0 Å². The highest BCUT2D eigenvalue weighted by atomic mass is 16.3. The summed E-state index contributed by atoms with van der Waals surface area (Å²) in [6, 6.07) is 88.7. The number of para-hydroxylation sites is 1. The van der Waals surface area contributed by atoms with E-state index < -0.39 is 10.8 Å². The number of hydrogen-bond donors (Lipinski definition) is 0. The van der Waals surface area contributed by atoms with Gasteiger partial charge in [-0.15, -0.1) is 0 Å². The van der Waals surface area contributed by atoms with E-state index in [-0.39, 0.29) is 0 Å². The van der Waals surface area contributed by atoms with Crippen molar-refractivity contribution in [2.75, 3.05) is 4.90 Å². The normalized spacial score (nSPS) is 14.4. The average molecular weight is 862 g/mol. The van der Waals surface area contributed by atoms with Crippen molar-refractivity contribution in [1.29, 1.82) is 0 Å². The largest absolute Gasteiger partial charge is 0.454 e. The lowest BCUT2D eigenvalue weighted by atomic mass is 9.70. The number of furan rings is 1. The van der Waals surface area contributed by atoms with E-state index in [1.54, 1.807) is 0 Å². The topological polar surface area (TPSA) is 16.4 Å². The first-order valence-corrected chi connectivity index (χ1v) is 23.8. The van der Waals surface area contributed by atoms with Crippen LogP contribution in [0.2, 0.25) is 0 Å². The Hall–Kier alpha value is -8.72. The smallest absolute Gasteiger partial charge is 0.160 e. The summed E-state index contributed by atoms with van der Waals surface area (Å²) in [5, 5.41) is 4.59. The Balaban J connectivity index is 1.10. The van der Waals surface area contributed by atoms with Gasteiger partial charge in [-0.25, -0.2) is 0 Å². The van der Waals surface area contributed by atoms with Crippen LogP contribution in [0.5, 0.6) is 0 Å². The lowest BCUT2D eigenvalue weighted by Crippen LogP contribution is -2.28. The van der Waals surface area contributed by atoms with Crippen LogP contribution in [0.3, 0.4) is 0 Å². The number of fused-ring (bicyclic) bond motifs is 25. The van der Waals surface area contributed by atoms with E-state index in [0.717, 1.165) is 44.4 Å². The van der Waals surface area contributed by atoms with E-state index in [0.29, 0.717) is 0 Å². The molecule has 2 heteroatoms.